The van der Waals surface area contributed by atoms with Crippen LogP contribution < -0.4 is 15.0 Å². The van der Waals surface area contributed by atoms with E-state index in [1.807, 2.05) is 66.7 Å². The van der Waals surface area contributed by atoms with Gasteiger partial charge in [-0.1, -0.05) is 36.4 Å². The van der Waals surface area contributed by atoms with Crippen LogP contribution in [0.5, 0.6) is 5.75 Å². The average Bonchev–Trinajstić information content (AvgIpc) is 2.75. The Morgan fingerprint density at radius 3 is 2.50 bits per heavy atom. The van der Waals surface area contributed by atoms with Gasteiger partial charge in [-0.2, -0.15) is 0 Å². The van der Waals surface area contributed by atoms with Crippen LogP contribution in [0.1, 0.15) is 6.92 Å². The van der Waals surface area contributed by atoms with E-state index < -0.39 is 6.10 Å². The lowest BCUT2D eigenvalue weighted by molar-refractivity contribution is -0.122. The van der Waals surface area contributed by atoms with Crippen molar-refractivity contribution in [2.75, 3.05) is 36.5 Å². The average molecular weight is 376 g/mol. The summed E-state index contributed by atoms with van der Waals surface area (Å²) in [7, 11) is 0. The van der Waals surface area contributed by atoms with E-state index in [0.717, 1.165) is 48.5 Å². The van der Waals surface area contributed by atoms with Crippen molar-refractivity contribution in [3.05, 3.63) is 66.7 Å². The minimum absolute atomic E-state index is 0.174. The number of fused-ring (bicyclic) bond motifs is 1. The number of carbonyl (C=O) groups is 1. The number of nitrogens with one attached hydrogen (secondary N) is 1. The third-order valence-corrected chi connectivity index (χ3v) is 4.93. The lowest BCUT2D eigenvalue weighted by Crippen LogP contribution is -2.36. The molecule has 0 aliphatic carbocycles. The summed E-state index contributed by atoms with van der Waals surface area (Å²) >= 11 is 0. The van der Waals surface area contributed by atoms with Crippen LogP contribution in [0.3, 0.4) is 0 Å². The molecule has 28 heavy (non-hydrogen) atoms. The molecule has 3 aromatic rings. The highest BCUT2D eigenvalue weighted by Crippen LogP contribution is 2.26. The third kappa shape index (κ3) is 4.10. The minimum atomic E-state index is -0.607. The molecule has 0 bridgehead atoms. The molecule has 1 aliphatic heterocycles. The summed E-state index contributed by atoms with van der Waals surface area (Å²) < 4.78 is 11.3. The fraction of sp³-hybridized carbons (Fsp3) is 0.261. The Labute approximate surface area is 164 Å². The van der Waals surface area contributed by atoms with Crippen molar-refractivity contribution in [2.45, 2.75) is 13.0 Å². The van der Waals surface area contributed by atoms with Crippen LogP contribution in [0, 0.1) is 0 Å². The number of amides is 1. The number of morpholine rings is 1. The van der Waals surface area contributed by atoms with Crippen LogP contribution in [-0.2, 0) is 9.53 Å². The number of ether oxygens (including phenoxy) is 2. The number of carbonyl (C=O) groups excluding carboxylic acids is 1. The third-order valence-electron chi connectivity index (χ3n) is 4.93. The fourth-order valence-corrected chi connectivity index (χ4v) is 3.36. The molecule has 1 aliphatic rings. The predicted molar refractivity (Wildman–Crippen MR) is 112 cm³/mol. The lowest BCUT2D eigenvalue weighted by Gasteiger charge is -2.29. The molecule has 0 aromatic heterocycles. The Balaban J connectivity index is 1.40. The molecule has 0 spiro atoms. The van der Waals surface area contributed by atoms with Crippen molar-refractivity contribution in [3.63, 3.8) is 0 Å². The van der Waals surface area contributed by atoms with E-state index >= 15 is 0 Å². The van der Waals surface area contributed by atoms with E-state index in [9.17, 15) is 4.79 Å². The SMILES string of the molecule is C[C@@H](Oc1cccc2ccccc12)C(=O)Nc1ccc(N2CCOCC2)cc1. The highest BCUT2D eigenvalue weighted by Gasteiger charge is 2.17. The van der Waals surface area contributed by atoms with Gasteiger partial charge in [-0.15, -0.1) is 0 Å². The first-order valence-corrected chi connectivity index (χ1v) is 9.59. The summed E-state index contributed by atoms with van der Waals surface area (Å²) in [6.45, 7) is 5.05. The maximum Gasteiger partial charge on any atom is 0.265 e. The standard InChI is InChI=1S/C23H24N2O3/c1-17(28-22-8-4-6-18-5-2-3-7-21(18)22)23(26)24-19-9-11-20(12-10-19)25-13-15-27-16-14-25/h2-12,17H,13-16H2,1H3,(H,24,26)/t17-/m1/s1. The molecule has 0 radical (unpaired) electrons. The molecule has 144 valence electrons. The largest absolute Gasteiger partial charge is 0.480 e. The van der Waals surface area contributed by atoms with Crippen LogP contribution >= 0.6 is 0 Å². The second kappa shape index (κ2) is 8.31. The molecule has 4 rings (SSSR count). The highest BCUT2D eigenvalue weighted by molar-refractivity contribution is 5.95. The van der Waals surface area contributed by atoms with Gasteiger partial charge in [-0.3, -0.25) is 4.79 Å². The Morgan fingerprint density at radius 1 is 1.00 bits per heavy atom. The molecule has 5 nitrogen and oxygen atoms in total. The van der Waals surface area contributed by atoms with Crippen molar-refractivity contribution in [1.82, 2.24) is 0 Å². The molecule has 1 heterocycles. The van der Waals surface area contributed by atoms with Crippen molar-refractivity contribution in [3.8, 4) is 5.75 Å². The molecule has 5 heteroatoms. The first-order valence-electron chi connectivity index (χ1n) is 9.59. The second-order valence-corrected chi connectivity index (χ2v) is 6.87. The number of rotatable bonds is 5. The lowest BCUT2D eigenvalue weighted by atomic mass is 10.1. The zero-order valence-corrected chi connectivity index (χ0v) is 15.9. The summed E-state index contributed by atoms with van der Waals surface area (Å²) in [5, 5.41) is 5.02. The van der Waals surface area contributed by atoms with E-state index in [-0.39, 0.29) is 5.91 Å². The Kier molecular flexibility index (Phi) is 5.44. The molecule has 1 fully saturated rings. The summed E-state index contributed by atoms with van der Waals surface area (Å²) in [6.07, 6.45) is -0.607. The van der Waals surface area contributed by atoms with Gasteiger partial charge >= 0.3 is 0 Å². The van der Waals surface area contributed by atoms with Crippen molar-refractivity contribution in [1.29, 1.82) is 0 Å². The van der Waals surface area contributed by atoms with Crippen molar-refractivity contribution >= 4 is 28.1 Å². The van der Waals surface area contributed by atoms with Gasteiger partial charge < -0.3 is 19.7 Å². The van der Waals surface area contributed by atoms with Gasteiger partial charge in [-0.05, 0) is 42.6 Å². The molecular formula is C23H24N2O3. The van der Waals surface area contributed by atoms with E-state index in [2.05, 4.69) is 10.2 Å². The van der Waals surface area contributed by atoms with Crippen molar-refractivity contribution < 1.29 is 14.3 Å². The Bertz CT molecular complexity index is 944. The molecule has 3 aromatic carbocycles. The molecule has 0 saturated carbocycles. The van der Waals surface area contributed by atoms with Gasteiger partial charge in [0, 0.05) is 29.9 Å². The summed E-state index contributed by atoms with van der Waals surface area (Å²) in [5.74, 6) is 0.537. The Morgan fingerprint density at radius 2 is 1.71 bits per heavy atom. The molecule has 0 unspecified atom stereocenters. The van der Waals surface area contributed by atoms with Crippen LogP contribution in [0.15, 0.2) is 66.7 Å². The molecule has 1 atom stereocenters. The second-order valence-electron chi connectivity index (χ2n) is 6.87. The van der Waals surface area contributed by atoms with Crippen LogP contribution in [0.4, 0.5) is 11.4 Å². The molecule has 1 saturated heterocycles. The van der Waals surface area contributed by atoms with Gasteiger partial charge in [0.15, 0.2) is 6.10 Å². The number of hydrogen-bond acceptors (Lipinski definition) is 4. The quantitative estimate of drug-likeness (QED) is 0.729. The maximum atomic E-state index is 12.6. The number of hydrogen-bond donors (Lipinski definition) is 1. The van der Waals surface area contributed by atoms with Crippen molar-refractivity contribution in [2.24, 2.45) is 0 Å². The monoisotopic (exact) mass is 376 g/mol. The zero-order chi connectivity index (χ0) is 19.3. The van der Waals surface area contributed by atoms with Gasteiger partial charge in [0.2, 0.25) is 0 Å². The highest BCUT2D eigenvalue weighted by atomic mass is 16.5. The molecular weight excluding hydrogens is 352 g/mol. The van der Waals surface area contributed by atoms with Crippen LogP contribution in [0.25, 0.3) is 10.8 Å². The number of benzene rings is 3. The van der Waals surface area contributed by atoms with Gasteiger partial charge in [-0.25, -0.2) is 0 Å². The summed E-state index contributed by atoms with van der Waals surface area (Å²) in [4.78, 5) is 14.9. The first-order chi connectivity index (χ1) is 13.7. The maximum absolute atomic E-state index is 12.6. The minimum Gasteiger partial charge on any atom is -0.480 e. The van der Waals surface area contributed by atoms with E-state index in [4.69, 9.17) is 9.47 Å². The molecule has 1 amide bonds. The summed E-state index contributed by atoms with van der Waals surface area (Å²) in [6, 6.07) is 21.7. The smallest absolute Gasteiger partial charge is 0.265 e. The fourth-order valence-electron chi connectivity index (χ4n) is 3.36. The predicted octanol–water partition coefficient (Wildman–Crippen LogP) is 4.08. The first kappa shape index (κ1) is 18.3. The topological polar surface area (TPSA) is 50.8 Å². The van der Waals surface area contributed by atoms with Crippen LogP contribution in [-0.4, -0.2) is 38.3 Å². The van der Waals surface area contributed by atoms with E-state index in [0.29, 0.717) is 5.75 Å². The van der Waals surface area contributed by atoms with Gasteiger partial charge in [0.1, 0.15) is 5.75 Å². The zero-order valence-electron chi connectivity index (χ0n) is 15.9. The Hall–Kier alpha value is -3.05. The molecule has 1 N–H and O–H groups in total. The summed E-state index contributed by atoms with van der Waals surface area (Å²) in [5.41, 5.74) is 1.90. The normalized spacial score (nSPS) is 15.2. The number of nitrogens with zero attached hydrogens (tertiary/aromatic N) is 1. The van der Waals surface area contributed by atoms with Crippen LogP contribution in [0.2, 0.25) is 0 Å². The van der Waals surface area contributed by atoms with Gasteiger partial charge in [0.05, 0.1) is 13.2 Å². The van der Waals surface area contributed by atoms with Gasteiger partial charge in [0.25, 0.3) is 5.91 Å². The van der Waals surface area contributed by atoms with E-state index in [1.165, 1.54) is 0 Å². The van der Waals surface area contributed by atoms with E-state index in [1.54, 1.807) is 6.92 Å². The number of anilines is 2.